The molecule has 3 unspecified atom stereocenters. The second-order valence-electron chi connectivity index (χ2n) is 9.97. The Hall–Kier alpha value is -1.46. The van der Waals surface area contributed by atoms with Crippen LogP contribution in [0.15, 0.2) is 22.1 Å². The molecule has 0 saturated heterocycles. The Bertz CT molecular complexity index is 855. The molecule has 2 rings (SSSR count). The third-order valence-corrected chi connectivity index (χ3v) is 7.42. The van der Waals surface area contributed by atoms with Gasteiger partial charge in [-0.25, -0.2) is 4.98 Å². The number of thiazole rings is 1. The van der Waals surface area contributed by atoms with Crippen LogP contribution in [0.25, 0.3) is 6.08 Å². The molecule has 0 aromatic carbocycles. The molecule has 1 aromatic heterocycles. The number of rotatable bonds is 2. The molecule has 1 aromatic rings. The fraction of sp³-hybridized carbons (Fsp3) is 0.654. The highest BCUT2D eigenvalue weighted by Crippen LogP contribution is 2.32. The van der Waals surface area contributed by atoms with E-state index in [1.807, 2.05) is 33.1 Å². The first kappa shape index (κ1) is 26.8. The highest BCUT2D eigenvalue weighted by atomic mass is 35.5. The molecule has 0 N–H and O–H groups in total. The Kier molecular flexibility index (Phi) is 10.2. The summed E-state index contributed by atoms with van der Waals surface area (Å²) >= 11 is 8.15. The predicted molar refractivity (Wildman–Crippen MR) is 134 cm³/mol. The molecular weight excluding hydrogens is 442 g/mol. The monoisotopic (exact) mass is 479 g/mol. The minimum atomic E-state index is -0.557. The molecule has 0 radical (unpaired) electrons. The zero-order chi connectivity index (χ0) is 23.9. The van der Waals surface area contributed by atoms with E-state index in [1.54, 1.807) is 17.4 Å². The zero-order valence-corrected chi connectivity index (χ0v) is 21.9. The minimum Gasteiger partial charge on any atom is -0.456 e. The van der Waals surface area contributed by atoms with Gasteiger partial charge in [-0.2, -0.15) is 0 Å². The van der Waals surface area contributed by atoms with Crippen LogP contribution in [0.2, 0.25) is 0 Å². The number of esters is 1. The van der Waals surface area contributed by atoms with Gasteiger partial charge in [0.05, 0.1) is 15.7 Å². The summed E-state index contributed by atoms with van der Waals surface area (Å²) in [4.78, 5) is 30.2. The number of nitrogens with zero attached hydrogens (tertiary/aromatic N) is 1. The summed E-state index contributed by atoms with van der Waals surface area (Å²) in [6, 6.07) is 0. The molecule has 0 saturated carbocycles. The number of aromatic nitrogens is 1. The van der Waals surface area contributed by atoms with Gasteiger partial charge in [-0.1, -0.05) is 57.4 Å². The average Bonchev–Trinajstić information content (AvgIpc) is 3.12. The van der Waals surface area contributed by atoms with Crippen LogP contribution in [0.1, 0.15) is 90.3 Å². The lowest BCUT2D eigenvalue weighted by Gasteiger charge is -2.28. The summed E-state index contributed by atoms with van der Waals surface area (Å²) in [7, 11) is 0. The summed E-state index contributed by atoms with van der Waals surface area (Å²) in [5.41, 5.74) is 1.49. The molecular formula is C26H38ClNO3S. The van der Waals surface area contributed by atoms with Gasteiger partial charge in [0.25, 0.3) is 0 Å². The molecule has 178 valence electrons. The number of allylic oxidation sites excluding steroid dienone is 1. The van der Waals surface area contributed by atoms with Crippen molar-refractivity contribution >= 4 is 40.8 Å². The average molecular weight is 480 g/mol. The van der Waals surface area contributed by atoms with Gasteiger partial charge in [0.2, 0.25) is 0 Å². The molecule has 0 fully saturated rings. The molecule has 0 spiro atoms. The second kappa shape index (κ2) is 12.1. The maximum atomic E-state index is 13.0. The van der Waals surface area contributed by atoms with Crippen molar-refractivity contribution in [2.75, 3.05) is 0 Å². The van der Waals surface area contributed by atoms with Gasteiger partial charge in [0, 0.05) is 29.6 Å². The standard InChI is InChI=1S/C26H38ClNO3S/c1-17-8-7-9-18(2)14-19(3)25(30)26(5,6)13-12-24(29)31-23(11-10-17)22(27)15-21-16-32-20(4)28-21/h10,15-16,18-19,23H,7-9,11-14H2,1-6H3/b17-10-,22-15?. The summed E-state index contributed by atoms with van der Waals surface area (Å²) in [6.07, 6.45) is 8.63. The van der Waals surface area contributed by atoms with Crippen molar-refractivity contribution in [2.45, 2.75) is 92.6 Å². The van der Waals surface area contributed by atoms with Crippen LogP contribution in [-0.2, 0) is 14.3 Å². The fourth-order valence-electron chi connectivity index (χ4n) is 4.29. The molecule has 6 heteroatoms. The zero-order valence-electron chi connectivity index (χ0n) is 20.4. The molecule has 4 nitrogen and oxygen atoms in total. The number of aryl methyl sites for hydroxylation is 1. The van der Waals surface area contributed by atoms with E-state index in [0.717, 1.165) is 36.4 Å². The first-order chi connectivity index (χ1) is 15.0. The summed E-state index contributed by atoms with van der Waals surface area (Å²) in [6.45, 7) is 12.2. The van der Waals surface area contributed by atoms with Crippen molar-refractivity contribution in [3.8, 4) is 0 Å². The number of Topliss-reactive ketones (excluding diaryl/α,β-unsaturated/α-hetero) is 1. The maximum absolute atomic E-state index is 13.0. The van der Waals surface area contributed by atoms with E-state index in [0.29, 0.717) is 23.8 Å². The van der Waals surface area contributed by atoms with Crippen molar-refractivity contribution in [2.24, 2.45) is 17.3 Å². The number of hydrogen-bond acceptors (Lipinski definition) is 5. The predicted octanol–water partition coefficient (Wildman–Crippen LogP) is 7.50. The van der Waals surface area contributed by atoms with Crippen molar-refractivity contribution in [1.82, 2.24) is 4.98 Å². The summed E-state index contributed by atoms with van der Waals surface area (Å²) < 4.78 is 5.79. The van der Waals surface area contributed by atoms with Gasteiger partial charge >= 0.3 is 5.97 Å². The van der Waals surface area contributed by atoms with Crippen molar-refractivity contribution in [3.05, 3.63) is 32.8 Å². The normalized spacial score (nSPS) is 28.7. The third-order valence-electron chi connectivity index (χ3n) is 6.28. The van der Waals surface area contributed by atoms with Crippen LogP contribution >= 0.6 is 22.9 Å². The number of carbonyl (C=O) groups is 2. The Morgan fingerprint density at radius 3 is 2.62 bits per heavy atom. The Morgan fingerprint density at radius 2 is 1.97 bits per heavy atom. The number of ether oxygens (including phenoxy) is 1. The van der Waals surface area contributed by atoms with Gasteiger partial charge in [0.1, 0.15) is 11.9 Å². The molecule has 2 heterocycles. The van der Waals surface area contributed by atoms with Crippen LogP contribution < -0.4 is 0 Å². The van der Waals surface area contributed by atoms with Crippen LogP contribution in [0.4, 0.5) is 0 Å². The van der Waals surface area contributed by atoms with E-state index in [9.17, 15) is 9.59 Å². The van der Waals surface area contributed by atoms with E-state index in [-0.39, 0.29) is 24.1 Å². The summed E-state index contributed by atoms with van der Waals surface area (Å²) in [5, 5.41) is 3.36. The van der Waals surface area contributed by atoms with Crippen LogP contribution in [0.5, 0.6) is 0 Å². The molecule has 1 aliphatic rings. The number of halogens is 1. The number of cyclic esters (lactones) is 1. The van der Waals surface area contributed by atoms with Gasteiger partial charge in [-0.15, -0.1) is 11.3 Å². The Balaban J connectivity index is 2.23. The summed E-state index contributed by atoms with van der Waals surface area (Å²) in [5.74, 6) is 0.402. The molecule has 1 aliphatic heterocycles. The molecule has 3 atom stereocenters. The highest BCUT2D eigenvalue weighted by molar-refractivity contribution is 7.09. The molecule has 32 heavy (non-hydrogen) atoms. The van der Waals surface area contributed by atoms with Gasteiger partial charge in [0.15, 0.2) is 0 Å². The van der Waals surface area contributed by atoms with Crippen molar-refractivity contribution in [1.29, 1.82) is 0 Å². The smallest absolute Gasteiger partial charge is 0.306 e. The largest absolute Gasteiger partial charge is 0.456 e. The third kappa shape index (κ3) is 8.47. The molecule has 0 amide bonds. The van der Waals surface area contributed by atoms with Crippen LogP contribution in [-0.4, -0.2) is 22.8 Å². The van der Waals surface area contributed by atoms with Crippen molar-refractivity contribution in [3.63, 3.8) is 0 Å². The molecule has 0 aliphatic carbocycles. The number of ketones is 1. The number of carbonyl (C=O) groups excluding carboxylic acids is 2. The minimum absolute atomic E-state index is 0.00717. The Labute approximate surface area is 202 Å². The SMILES string of the molecule is C/C1=C/CC(C(Cl)=Cc2csc(C)n2)OC(=O)CCC(C)(C)C(=O)C(C)CC(C)CCC1. The van der Waals surface area contributed by atoms with Gasteiger partial charge in [-0.05, 0) is 51.5 Å². The van der Waals surface area contributed by atoms with Crippen molar-refractivity contribution < 1.29 is 14.3 Å². The van der Waals surface area contributed by atoms with E-state index in [1.165, 1.54) is 5.57 Å². The van der Waals surface area contributed by atoms with Gasteiger partial charge < -0.3 is 4.74 Å². The first-order valence-corrected chi connectivity index (χ1v) is 12.9. The second-order valence-corrected chi connectivity index (χ2v) is 11.5. The lowest BCUT2D eigenvalue weighted by Crippen LogP contribution is -2.31. The molecule has 0 bridgehead atoms. The first-order valence-electron chi connectivity index (χ1n) is 11.7. The topological polar surface area (TPSA) is 56.3 Å². The lowest BCUT2D eigenvalue weighted by molar-refractivity contribution is -0.148. The Morgan fingerprint density at radius 1 is 1.25 bits per heavy atom. The van der Waals surface area contributed by atoms with E-state index < -0.39 is 11.5 Å². The highest BCUT2D eigenvalue weighted by Gasteiger charge is 2.33. The fourth-order valence-corrected chi connectivity index (χ4v) is 5.10. The van der Waals surface area contributed by atoms with Gasteiger partial charge in [-0.3, -0.25) is 9.59 Å². The van der Waals surface area contributed by atoms with Crippen LogP contribution in [0, 0.1) is 24.2 Å². The van der Waals surface area contributed by atoms with E-state index >= 15 is 0 Å². The number of hydrogen-bond donors (Lipinski definition) is 0. The van der Waals surface area contributed by atoms with E-state index in [4.69, 9.17) is 16.3 Å². The van der Waals surface area contributed by atoms with Crippen LogP contribution in [0.3, 0.4) is 0 Å². The lowest BCUT2D eigenvalue weighted by atomic mass is 9.75. The maximum Gasteiger partial charge on any atom is 0.306 e. The van der Waals surface area contributed by atoms with E-state index in [2.05, 4.69) is 24.9 Å². The quantitative estimate of drug-likeness (QED) is 0.325.